The first-order chi connectivity index (χ1) is 20.1. The lowest BCUT2D eigenvalue weighted by Gasteiger charge is -2.13. The highest BCUT2D eigenvalue weighted by atomic mass is 16.5. The molecule has 1 aliphatic heterocycles. The molecule has 0 spiro atoms. The number of nitrogens with one attached hydrogen (secondary N) is 2. The van der Waals surface area contributed by atoms with Crippen molar-refractivity contribution in [1.82, 2.24) is 30.3 Å². The highest BCUT2D eigenvalue weighted by molar-refractivity contribution is 5.95. The molecule has 0 aliphatic carbocycles. The van der Waals surface area contributed by atoms with Crippen LogP contribution in [0.15, 0.2) is 83.6 Å². The number of carbonyl (C=O) groups is 2. The third-order valence-electron chi connectivity index (χ3n) is 6.55. The van der Waals surface area contributed by atoms with Crippen molar-refractivity contribution in [3.63, 3.8) is 0 Å². The van der Waals surface area contributed by atoms with E-state index in [9.17, 15) is 9.59 Å². The second-order valence-electron chi connectivity index (χ2n) is 9.33. The van der Waals surface area contributed by atoms with Gasteiger partial charge in [-0.15, -0.1) is 0 Å². The average molecular weight is 551 g/mol. The maximum atomic E-state index is 13.2. The zero-order chi connectivity index (χ0) is 28.2. The summed E-state index contributed by atoms with van der Waals surface area (Å²) in [5, 5.41) is 9.80. The van der Waals surface area contributed by atoms with Gasteiger partial charge in [0.05, 0.1) is 7.11 Å². The van der Waals surface area contributed by atoms with E-state index in [1.165, 1.54) is 0 Å². The Labute approximate surface area is 235 Å². The number of carbonyl (C=O) groups excluding carboxylic acids is 2. The maximum absolute atomic E-state index is 13.2. The summed E-state index contributed by atoms with van der Waals surface area (Å²) in [5.41, 5.74) is 3.49. The van der Waals surface area contributed by atoms with E-state index in [1.54, 1.807) is 37.6 Å². The summed E-state index contributed by atoms with van der Waals surface area (Å²) in [6.07, 6.45) is 3.91. The summed E-state index contributed by atoms with van der Waals surface area (Å²) in [7, 11) is 1.54. The summed E-state index contributed by atoms with van der Waals surface area (Å²) in [6.45, 7) is 0.328. The third kappa shape index (κ3) is 5.64. The standard InChI is InChI=1S/C30H26N6O5/c1-39-24-8-7-21-16-25(24)40-18-27(37)33-17-19-13-22(15-23(14-19)36-12-11-31-28(21)36)29(38)32-10-9-26-34-30(41-35-26)20-5-3-2-4-6-20/h2-8,11-16H,9-10,17-18H2,1H3,(H,32,38)(H,33,37). The monoisotopic (exact) mass is 550 g/mol. The van der Waals surface area contributed by atoms with Gasteiger partial charge in [-0.25, -0.2) is 4.98 Å². The minimum Gasteiger partial charge on any atom is -0.493 e. The molecule has 0 saturated heterocycles. The van der Waals surface area contributed by atoms with Crippen LogP contribution >= 0.6 is 0 Å². The molecule has 2 aromatic heterocycles. The summed E-state index contributed by atoms with van der Waals surface area (Å²) < 4.78 is 18.4. The number of amides is 2. The van der Waals surface area contributed by atoms with Crippen LogP contribution in [0.25, 0.3) is 28.5 Å². The van der Waals surface area contributed by atoms with E-state index in [1.807, 2.05) is 53.2 Å². The summed E-state index contributed by atoms with van der Waals surface area (Å²) in [6, 6.07) is 20.4. The van der Waals surface area contributed by atoms with Crippen molar-refractivity contribution in [2.75, 3.05) is 20.3 Å². The highest BCUT2D eigenvalue weighted by Gasteiger charge is 2.17. The van der Waals surface area contributed by atoms with Gasteiger partial charge in [-0.3, -0.25) is 14.2 Å². The molecular weight excluding hydrogens is 524 g/mol. The number of hydrogen-bond acceptors (Lipinski definition) is 8. The zero-order valence-electron chi connectivity index (χ0n) is 22.2. The summed E-state index contributed by atoms with van der Waals surface area (Å²) in [5.74, 6) is 1.93. The van der Waals surface area contributed by atoms with E-state index in [2.05, 4.69) is 25.8 Å². The van der Waals surface area contributed by atoms with Crippen molar-refractivity contribution < 1.29 is 23.6 Å². The van der Waals surface area contributed by atoms with Gasteiger partial charge >= 0.3 is 0 Å². The largest absolute Gasteiger partial charge is 0.493 e. The van der Waals surface area contributed by atoms with Crippen molar-refractivity contribution >= 4 is 11.8 Å². The molecule has 0 saturated carbocycles. The Morgan fingerprint density at radius 3 is 2.83 bits per heavy atom. The zero-order valence-corrected chi connectivity index (χ0v) is 22.2. The Balaban J connectivity index is 1.25. The molecule has 206 valence electrons. The normalized spacial score (nSPS) is 12.6. The Hall–Kier alpha value is -5.45. The quantitative estimate of drug-likeness (QED) is 0.328. The number of fused-ring (bicyclic) bond motifs is 7. The Morgan fingerprint density at radius 2 is 1.98 bits per heavy atom. The molecule has 11 heteroatoms. The SMILES string of the molecule is COc1ccc2cc1OCC(=O)NCc1cc(C(=O)NCCc3noc(-c4ccccc4)n3)cc(c1)-n1ccnc1-2. The smallest absolute Gasteiger partial charge is 0.258 e. The van der Waals surface area contributed by atoms with Gasteiger partial charge in [0, 0.05) is 54.3 Å². The van der Waals surface area contributed by atoms with Crippen molar-refractivity contribution in [3.05, 3.63) is 96.1 Å². The van der Waals surface area contributed by atoms with E-state index in [0.29, 0.717) is 47.6 Å². The molecule has 1 aliphatic rings. The first-order valence-corrected chi connectivity index (χ1v) is 13.0. The van der Waals surface area contributed by atoms with Gasteiger partial charge in [0.2, 0.25) is 0 Å². The number of rotatable bonds is 6. The molecule has 3 heterocycles. The number of methoxy groups -OCH3 is 1. The van der Waals surface area contributed by atoms with Crippen LogP contribution in [-0.4, -0.2) is 51.8 Å². The molecule has 41 heavy (non-hydrogen) atoms. The van der Waals surface area contributed by atoms with Crippen molar-refractivity contribution in [3.8, 4) is 40.0 Å². The van der Waals surface area contributed by atoms with E-state index in [-0.39, 0.29) is 25.0 Å². The molecule has 11 nitrogen and oxygen atoms in total. The number of hydrogen-bond donors (Lipinski definition) is 2. The number of imidazole rings is 1. The molecule has 3 aromatic carbocycles. The Morgan fingerprint density at radius 1 is 1.10 bits per heavy atom. The van der Waals surface area contributed by atoms with Crippen LogP contribution in [0, 0.1) is 0 Å². The second kappa shape index (κ2) is 11.3. The highest BCUT2D eigenvalue weighted by Crippen LogP contribution is 2.33. The van der Waals surface area contributed by atoms with Crippen LogP contribution in [0.2, 0.25) is 0 Å². The fourth-order valence-corrected chi connectivity index (χ4v) is 4.54. The molecule has 0 fully saturated rings. The number of ether oxygens (including phenoxy) is 2. The number of benzene rings is 3. The lowest BCUT2D eigenvalue weighted by molar-refractivity contribution is -0.123. The van der Waals surface area contributed by atoms with E-state index in [4.69, 9.17) is 14.0 Å². The molecule has 5 aromatic rings. The fourth-order valence-electron chi connectivity index (χ4n) is 4.54. The third-order valence-corrected chi connectivity index (χ3v) is 6.55. The molecule has 4 bridgehead atoms. The number of nitrogens with zero attached hydrogens (tertiary/aromatic N) is 4. The summed E-state index contributed by atoms with van der Waals surface area (Å²) >= 11 is 0. The lowest BCUT2D eigenvalue weighted by Crippen LogP contribution is -2.29. The predicted octanol–water partition coefficient (Wildman–Crippen LogP) is 3.58. The molecule has 2 amide bonds. The summed E-state index contributed by atoms with van der Waals surface area (Å²) in [4.78, 5) is 34.7. The van der Waals surface area contributed by atoms with Gasteiger partial charge in [0.1, 0.15) is 5.82 Å². The van der Waals surface area contributed by atoms with Crippen LogP contribution in [0.5, 0.6) is 11.5 Å². The molecular formula is C30H26N6O5. The maximum Gasteiger partial charge on any atom is 0.258 e. The van der Waals surface area contributed by atoms with Gasteiger partial charge in [-0.2, -0.15) is 4.98 Å². The fraction of sp³-hybridized carbons (Fsp3) is 0.167. The number of aromatic nitrogens is 4. The molecule has 0 unspecified atom stereocenters. The van der Waals surface area contributed by atoms with Gasteiger partial charge in [0.15, 0.2) is 23.9 Å². The van der Waals surface area contributed by atoms with Gasteiger partial charge in [-0.05, 0) is 54.1 Å². The minimum atomic E-state index is -0.305. The second-order valence-corrected chi connectivity index (χ2v) is 9.33. The Bertz CT molecular complexity index is 1710. The molecule has 2 N–H and O–H groups in total. The van der Waals surface area contributed by atoms with Crippen molar-refractivity contribution in [1.29, 1.82) is 0 Å². The van der Waals surface area contributed by atoms with Gasteiger partial charge in [-0.1, -0.05) is 23.4 Å². The Kier molecular flexibility index (Phi) is 7.14. The first-order valence-electron chi connectivity index (χ1n) is 13.0. The van der Waals surface area contributed by atoms with Gasteiger partial charge < -0.3 is 24.6 Å². The van der Waals surface area contributed by atoms with Crippen LogP contribution in [0.4, 0.5) is 0 Å². The van der Waals surface area contributed by atoms with Gasteiger partial charge in [0.25, 0.3) is 17.7 Å². The van der Waals surface area contributed by atoms with Crippen molar-refractivity contribution in [2.24, 2.45) is 0 Å². The predicted molar refractivity (Wildman–Crippen MR) is 149 cm³/mol. The first kappa shape index (κ1) is 25.8. The van der Waals surface area contributed by atoms with E-state index >= 15 is 0 Å². The van der Waals surface area contributed by atoms with Crippen molar-refractivity contribution in [2.45, 2.75) is 13.0 Å². The van der Waals surface area contributed by atoms with E-state index in [0.717, 1.165) is 22.4 Å². The topological polar surface area (TPSA) is 133 Å². The van der Waals surface area contributed by atoms with Crippen LogP contribution in [-0.2, 0) is 17.8 Å². The molecule has 0 radical (unpaired) electrons. The van der Waals surface area contributed by atoms with Crippen LogP contribution in [0.1, 0.15) is 21.7 Å². The van der Waals surface area contributed by atoms with E-state index < -0.39 is 0 Å². The van der Waals surface area contributed by atoms with Crippen LogP contribution < -0.4 is 20.1 Å². The molecule has 0 atom stereocenters. The molecule has 6 rings (SSSR count). The minimum absolute atomic E-state index is 0.191. The average Bonchev–Trinajstić information content (AvgIpc) is 3.69. The lowest BCUT2D eigenvalue weighted by atomic mass is 10.1. The van der Waals surface area contributed by atoms with Crippen LogP contribution in [0.3, 0.4) is 0 Å².